The summed E-state index contributed by atoms with van der Waals surface area (Å²) in [6.07, 6.45) is 1.28. The number of anilines is 1. The molecule has 0 saturated carbocycles. The van der Waals surface area contributed by atoms with E-state index in [1.165, 1.54) is 0 Å². The standard InChI is InChI=1S/C22H22N6O.C2HF3O2/c1-16-8-9-17(12-20(16)22(29)24-18-6-4-3-5-7-18)21-14-28(26-25-21)11-10-19-13-23-15-27(19)2;3-2(4,5)1(6)7/h3-9,12-15H,10-11H2,1-2H3,(H,24,29);(H,6,7). The van der Waals surface area contributed by atoms with E-state index >= 15 is 0 Å². The zero-order chi connectivity index (χ0) is 26.3. The molecule has 4 aromatic rings. The lowest BCUT2D eigenvalue weighted by atomic mass is 10.0. The van der Waals surface area contributed by atoms with E-state index in [9.17, 15) is 18.0 Å². The number of halogens is 3. The molecule has 0 spiro atoms. The summed E-state index contributed by atoms with van der Waals surface area (Å²) in [5.41, 5.74) is 5.03. The van der Waals surface area contributed by atoms with Crippen LogP contribution in [0.15, 0.2) is 67.3 Å². The summed E-state index contributed by atoms with van der Waals surface area (Å²) in [5, 5.41) is 18.6. The van der Waals surface area contributed by atoms with Crippen molar-refractivity contribution >= 4 is 17.6 Å². The molecule has 188 valence electrons. The monoisotopic (exact) mass is 500 g/mol. The molecule has 0 atom stereocenters. The fourth-order valence-electron chi connectivity index (χ4n) is 3.14. The van der Waals surface area contributed by atoms with Crippen molar-refractivity contribution in [3.8, 4) is 11.3 Å². The second-order valence-electron chi connectivity index (χ2n) is 7.77. The van der Waals surface area contributed by atoms with Crippen LogP contribution >= 0.6 is 0 Å². The quantitative estimate of drug-likeness (QED) is 0.412. The Morgan fingerprint density at radius 1 is 1.11 bits per heavy atom. The number of carboxylic acids is 1. The van der Waals surface area contributed by atoms with Crippen LogP contribution < -0.4 is 5.32 Å². The molecule has 2 aromatic heterocycles. The number of aryl methyl sites for hydroxylation is 4. The SMILES string of the molecule is Cc1ccc(-c2cn(CCc3cncn3C)nn2)cc1C(=O)Nc1ccccc1.O=C(O)C(F)(F)F. The van der Waals surface area contributed by atoms with Crippen LogP contribution in [0.25, 0.3) is 11.3 Å². The summed E-state index contributed by atoms with van der Waals surface area (Å²) in [4.78, 5) is 25.8. The van der Waals surface area contributed by atoms with E-state index in [0.717, 1.165) is 34.6 Å². The van der Waals surface area contributed by atoms with E-state index in [0.29, 0.717) is 12.1 Å². The number of imidazole rings is 1. The van der Waals surface area contributed by atoms with Gasteiger partial charge in [-0.15, -0.1) is 5.10 Å². The summed E-state index contributed by atoms with van der Waals surface area (Å²) in [7, 11) is 1.98. The maximum atomic E-state index is 12.7. The van der Waals surface area contributed by atoms with E-state index < -0.39 is 12.1 Å². The van der Waals surface area contributed by atoms with Gasteiger partial charge in [0.25, 0.3) is 5.91 Å². The first-order valence-electron chi connectivity index (χ1n) is 10.7. The van der Waals surface area contributed by atoms with Gasteiger partial charge in [0.1, 0.15) is 5.69 Å². The third kappa shape index (κ3) is 7.01. The third-order valence-electron chi connectivity index (χ3n) is 5.10. The molecule has 0 saturated heterocycles. The van der Waals surface area contributed by atoms with Crippen molar-refractivity contribution in [3.05, 3.63) is 84.1 Å². The zero-order valence-corrected chi connectivity index (χ0v) is 19.4. The lowest BCUT2D eigenvalue weighted by Crippen LogP contribution is -2.21. The molecule has 9 nitrogen and oxygen atoms in total. The Labute approximate surface area is 204 Å². The van der Waals surface area contributed by atoms with Gasteiger partial charge >= 0.3 is 12.1 Å². The average Bonchev–Trinajstić information content (AvgIpc) is 3.47. The van der Waals surface area contributed by atoms with Crippen LogP contribution in [0.1, 0.15) is 21.6 Å². The largest absolute Gasteiger partial charge is 0.490 e. The molecule has 2 aromatic carbocycles. The molecule has 2 heterocycles. The highest BCUT2D eigenvalue weighted by Gasteiger charge is 2.38. The van der Waals surface area contributed by atoms with Crippen molar-refractivity contribution < 1.29 is 27.9 Å². The Morgan fingerprint density at radius 3 is 2.42 bits per heavy atom. The van der Waals surface area contributed by atoms with Crippen LogP contribution in [-0.2, 0) is 24.8 Å². The van der Waals surface area contributed by atoms with Crippen LogP contribution in [0.3, 0.4) is 0 Å². The lowest BCUT2D eigenvalue weighted by Gasteiger charge is -2.09. The maximum Gasteiger partial charge on any atom is 0.490 e. The highest BCUT2D eigenvalue weighted by atomic mass is 19.4. The van der Waals surface area contributed by atoms with Gasteiger partial charge < -0.3 is 15.0 Å². The van der Waals surface area contributed by atoms with Crippen molar-refractivity contribution in [1.82, 2.24) is 24.5 Å². The Bertz CT molecular complexity index is 1330. The summed E-state index contributed by atoms with van der Waals surface area (Å²) in [6, 6.07) is 15.2. The summed E-state index contributed by atoms with van der Waals surface area (Å²) < 4.78 is 35.5. The van der Waals surface area contributed by atoms with Gasteiger partial charge in [-0.05, 0) is 30.7 Å². The van der Waals surface area contributed by atoms with Gasteiger partial charge in [-0.25, -0.2) is 9.78 Å². The van der Waals surface area contributed by atoms with Crippen molar-refractivity contribution in [2.24, 2.45) is 7.05 Å². The predicted octanol–water partition coefficient (Wildman–Crippen LogP) is 4.12. The minimum atomic E-state index is -5.08. The minimum Gasteiger partial charge on any atom is -0.475 e. The number of aromatic nitrogens is 5. The van der Waals surface area contributed by atoms with Crippen LogP contribution in [0.2, 0.25) is 0 Å². The smallest absolute Gasteiger partial charge is 0.475 e. The number of nitrogens with zero attached hydrogens (tertiary/aromatic N) is 5. The Kier molecular flexibility index (Phi) is 8.20. The molecule has 0 fully saturated rings. The molecular formula is C24H23F3N6O3. The van der Waals surface area contributed by atoms with Crippen LogP contribution in [0.4, 0.5) is 18.9 Å². The Hall–Kier alpha value is -4.48. The second-order valence-corrected chi connectivity index (χ2v) is 7.77. The first kappa shape index (κ1) is 26.1. The number of amides is 1. The average molecular weight is 500 g/mol. The van der Waals surface area contributed by atoms with Gasteiger partial charge in [0.15, 0.2) is 0 Å². The van der Waals surface area contributed by atoms with E-state index in [4.69, 9.17) is 9.90 Å². The molecule has 0 unspecified atom stereocenters. The maximum absolute atomic E-state index is 12.7. The number of hydrogen-bond acceptors (Lipinski definition) is 5. The van der Waals surface area contributed by atoms with Crippen molar-refractivity contribution in [2.75, 3.05) is 5.32 Å². The predicted molar refractivity (Wildman–Crippen MR) is 125 cm³/mol. The van der Waals surface area contributed by atoms with Gasteiger partial charge in [0.05, 0.1) is 12.5 Å². The molecule has 36 heavy (non-hydrogen) atoms. The third-order valence-corrected chi connectivity index (χ3v) is 5.10. The molecule has 0 aliphatic carbocycles. The molecule has 0 aliphatic rings. The van der Waals surface area contributed by atoms with Crippen LogP contribution in [0.5, 0.6) is 0 Å². The van der Waals surface area contributed by atoms with Crippen LogP contribution in [0, 0.1) is 6.92 Å². The summed E-state index contributed by atoms with van der Waals surface area (Å²) >= 11 is 0. The van der Waals surface area contributed by atoms with Crippen LogP contribution in [-0.4, -0.2) is 47.7 Å². The summed E-state index contributed by atoms with van der Waals surface area (Å²) in [6.45, 7) is 2.63. The molecule has 0 aliphatic heterocycles. The fourth-order valence-corrected chi connectivity index (χ4v) is 3.14. The van der Waals surface area contributed by atoms with Crippen molar-refractivity contribution in [3.63, 3.8) is 0 Å². The number of benzene rings is 2. The number of rotatable bonds is 6. The number of carboxylic acid groups (broad SMARTS) is 1. The highest BCUT2D eigenvalue weighted by molar-refractivity contribution is 6.05. The van der Waals surface area contributed by atoms with Crippen molar-refractivity contribution in [2.45, 2.75) is 26.1 Å². The molecule has 4 rings (SSSR count). The molecular weight excluding hydrogens is 477 g/mol. The van der Waals surface area contributed by atoms with Gasteiger partial charge in [-0.3, -0.25) is 9.48 Å². The summed E-state index contributed by atoms with van der Waals surface area (Å²) in [5.74, 6) is -2.90. The molecule has 12 heteroatoms. The van der Waals surface area contributed by atoms with Crippen molar-refractivity contribution in [1.29, 1.82) is 0 Å². The van der Waals surface area contributed by atoms with Gasteiger partial charge in [-0.1, -0.05) is 35.5 Å². The van der Waals surface area contributed by atoms with E-state index in [2.05, 4.69) is 20.6 Å². The number of aliphatic carboxylic acids is 1. The molecule has 2 N–H and O–H groups in total. The normalized spacial score (nSPS) is 10.9. The number of hydrogen-bond donors (Lipinski definition) is 2. The molecule has 0 bridgehead atoms. The van der Waals surface area contributed by atoms with E-state index in [-0.39, 0.29) is 5.91 Å². The number of para-hydroxylation sites is 1. The zero-order valence-electron chi connectivity index (χ0n) is 19.4. The Balaban J connectivity index is 0.000000454. The number of carbonyl (C=O) groups excluding carboxylic acids is 1. The first-order valence-corrected chi connectivity index (χ1v) is 10.7. The van der Waals surface area contributed by atoms with Gasteiger partial charge in [0, 0.05) is 48.7 Å². The van der Waals surface area contributed by atoms with E-state index in [1.54, 1.807) is 6.33 Å². The number of nitrogens with one attached hydrogen (secondary N) is 1. The lowest BCUT2D eigenvalue weighted by molar-refractivity contribution is -0.192. The highest BCUT2D eigenvalue weighted by Crippen LogP contribution is 2.21. The topological polar surface area (TPSA) is 115 Å². The first-order chi connectivity index (χ1) is 17.0. The number of carbonyl (C=O) groups is 2. The number of alkyl halides is 3. The van der Waals surface area contributed by atoms with Gasteiger partial charge in [0.2, 0.25) is 0 Å². The molecule has 1 amide bonds. The van der Waals surface area contributed by atoms with E-state index in [1.807, 2.05) is 84.1 Å². The fraction of sp³-hybridized carbons (Fsp3) is 0.208. The van der Waals surface area contributed by atoms with Gasteiger partial charge in [-0.2, -0.15) is 13.2 Å². The second kappa shape index (κ2) is 11.3. The Morgan fingerprint density at radius 2 is 1.81 bits per heavy atom. The minimum absolute atomic E-state index is 0.140. The molecule has 0 radical (unpaired) electrons.